The molecule has 0 nitrogen and oxygen atoms in total. The molecule has 0 saturated heterocycles. The van der Waals surface area contributed by atoms with E-state index in [-0.39, 0.29) is 0 Å². The first-order chi connectivity index (χ1) is 15.8. The summed E-state index contributed by atoms with van der Waals surface area (Å²) < 4.78 is 0. The van der Waals surface area contributed by atoms with Crippen LogP contribution in [0.15, 0.2) is 42.5 Å². The Kier molecular flexibility index (Phi) is 8.95. The van der Waals surface area contributed by atoms with E-state index in [0.717, 1.165) is 0 Å². The molecule has 0 amide bonds. The fourth-order valence-electron chi connectivity index (χ4n) is 5.08. The molecule has 0 spiro atoms. The van der Waals surface area contributed by atoms with Crippen LogP contribution in [0.3, 0.4) is 0 Å². The lowest BCUT2D eigenvalue weighted by molar-refractivity contribution is 0.829. The number of aryl methyl sites for hydroxylation is 3. The highest BCUT2D eigenvalue weighted by Gasteiger charge is 2.26. The lowest BCUT2D eigenvalue weighted by Crippen LogP contribution is -2.28. The van der Waals surface area contributed by atoms with Crippen molar-refractivity contribution in [3.8, 4) is 0 Å². The van der Waals surface area contributed by atoms with Gasteiger partial charge in [-0.3, -0.25) is 0 Å². The Morgan fingerprint density at radius 1 is 0.515 bits per heavy atom. The van der Waals surface area contributed by atoms with Gasteiger partial charge in [0.2, 0.25) is 0 Å². The van der Waals surface area contributed by atoms with E-state index in [1.54, 1.807) is 22.0 Å². The minimum absolute atomic E-state index is 0.613. The average molecular weight is 459 g/mol. The number of hydrogen-bond acceptors (Lipinski definition) is 0. The van der Waals surface area contributed by atoms with Crippen LogP contribution < -0.4 is 15.9 Å². The minimum Gasteiger partial charge on any atom is -0.0651 e. The second-order valence-corrected chi connectivity index (χ2v) is 11.8. The van der Waals surface area contributed by atoms with Crippen molar-refractivity contribution in [1.29, 1.82) is 0 Å². The Bertz CT molecular complexity index is 1110. The van der Waals surface area contributed by atoms with E-state index in [4.69, 9.17) is 0 Å². The van der Waals surface area contributed by atoms with Crippen molar-refractivity contribution in [3.63, 3.8) is 0 Å². The fourth-order valence-corrected chi connectivity index (χ4v) is 8.08. The maximum atomic E-state index is 2.51. The van der Waals surface area contributed by atoms with Crippen LogP contribution in [0.1, 0.15) is 84.5 Å². The van der Waals surface area contributed by atoms with Crippen molar-refractivity contribution in [2.24, 2.45) is 0 Å². The van der Waals surface area contributed by atoms with Gasteiger partial charge >= 0.3 is 0 Å². The normalized spacial score (nSPS) is 12.2. The van der Waals surface area contributed by atoms with E-state index in [1.165, 1.54) is 77.0 Å². The summed E-state index contributed by atoms with van der Waals surface area (Å²) >= 11 is 0. The Balaban J connectivity index is 2.40. The quantitative estimate of drug-likeness (QED) is 0.286. The summed E-state index contributed by atoms with van der Waals surface area (Å²) in [5, 5.41) is 4.65. The molecule has 0 bridgehead atoms. The molecule has 0 N–H and O–H groups in total. The summed E-state index contributed by atoms with van der Waals surface area (Å²) in [6, 6.07) is 16.7. The zero-order chi connectivity index (χ0) is 24.1. The first-order valence-electron chi connectivity index (χ1n) is 12.9. The molecule has 0 aliphatic carbocycles. The Labute approximate surface area is 204 Å². The van der Waals surface area contributed by atoms with Gasteiger partial charge in [-0.1, -0.05) is 82.5 Å². The van der Waals surface area contributed by atoms with E-state index < -0.39 is 7.92 Å². The molecule has 33 heavy (non-hydrogen) atoms. The largest absolute Gasteiger partial charge is 0.0651 e. The SMILES string of the molecule is CCCc1ccc(P(c2cccc(C)c2C)c2ccc(C)c(C)c2C)c(CCC)c1CCC. The first kappa shape index (κ1) is 25.7. The van der Waals surface area contributed by atoms with Crippen LogP contribution in [0, 0.1) is 34.6 Å². The van der Waals surface area contributed by atoms with Crippen LogP contribution in [0.5, 0.6) is 0 Å². The molecule has 0 saturated carbocycles. The van der Waals surface area contributed by atoms with Crippen LogP contribution in [-0.4, -0.2) is 0 Å². The van der Waals surface area contributed by atoms with Gasteiger partial charge in [0.15, 0.2) is 0 Å². The Morgan fingerprint density at radius 3 is 1.76 bits per heavy atom. The molecule has 0 aromatic heterocycles. The van der Waals surface area contributed by atoms with Gasteiger partial charge < -0.3 is 0 Å². The monoisotopic (exact) mass is 458 g/mol. The number of hydrogen-bond donors (Lipinski definition) is 0. The summed E-state index contributed by atoms with van der Waals surface area (Å²) in [4.78, 5) is 0. The second kappa shape index (κ2) is 11.5. The van der Waals surface area contributed by atoms with Gasteiger partial charge in [0.25, 0.3) is 0 Å². The van der Waals surface area contributed by atoms with Gasteiger partial charge in [-0.05, 0) is 122 Å². The standard InChI is InChI=1S/C32H43P/c1-9-13-27-19-21-32(29(15-11-3)28(27)14-10-2)33(30-17-12-16-22(4)25(30)7)31-20-18-23(5)24(6)26(31)8/h12,16-21H,9-11,13-15H2,1-8H3. The summed E-state index contributed by atoms with van der Waals surface area (Å²) in [5.74, 6) is 0. The van der Waals surface area contributed by atoms with Crippen LogP contribution in [0.25, 0.3) is 0 Å². The highest BCUT2D eigenvalue weighted by atomic mass is 31.1. The first-order valence-corrected chi connectivity index (χ1v) is 14.3. The maximum Gasteiger partial charge on any atom is -0.0116 e. The molecule has 0 heterocycles. The van der Waals surface area contributed by atoms with Crippen molar-refractivity contribution in [2.75, 3.05) is 0 Å². The van der Waals surface area contributed by atoms with Gasteiger partial charge in [-0.2, -0.15) is 0 Å². The van der Waals surface area contributed by atoms with Crippen molar-refractivity contribution in [1.82, 2.24) is 0 Å². The molecule has 1 heteroatoms. The summed E-state index contributed by atoms with van der Waals surface area (Å²) in [6.45, 7) is 18.5. The highest BCUT2D eigenvalue weighted by molar-refractivity contribution is 7.80. The van der Waals surface area contributed by atoms with E-state index in [2.05, 4.69) is 97.9 Å². The van der Waals surface area contributed by atoms with Crippen LogP contribution in [-0.2, 0) is 19.3 Å². The van der Waals surface area contributed by atoms with Crippen LogP contribution in [0.4, 0.5) is 0 Å². The van der Waals surface area contributed by atoms with Crippen LogP contribution in [0.2, 0.25) is 0 Å². The Hall–Kier alpha value is -1.91. The third-order valence-corrected chi connectivity index (χ3v) is 10.2. The van der Waals surface area contributed by atoms with Crippen molar-refractivity contribution < 1.29 is 0 Å². The number of benzene rings is 3. The predicted octanol–water partition coefficient (Wildman–Crippen LogP) is 7.84. The van der Waals surface area contributed by atoms with E-state index >= 15 is 0 Å². The second-order valence-electron chi connectivity index (χ2n) is 9.66. The molecule has 0 radical (unpaired) electrons. The highest BCUT2D eigenvalue weighted by Crippen LogP contribution is 2.39. The average Bonchev–Trinajstić information content (AvgIpc) is 2.80. The molecule has 0 aliphatic rings. The molecule has 1 atom stereocenters. The van der Waals surface area contributed by atoms with Crippen LogP contribution >= 0.6 is 7.92 Å². The van der Waals surface area contributed by atoms with Crippen molar-refractivity contribution in [2.45, 2.75) is 93.9 Å². The molecule has 1 unspecified atom stereocenters. The summed E-state index contributed by atoms with van der Waals surface area (Å²) in [6.07, 6.45) is 7.18. The van der Waals surface area contributed by atoms with Gasteiger partial charge in [0.05, 0.1) is 0 Å². The molecule has 0 fully saturated rings. The molecule has 3 aromatic carbocycles. The fraction of sp³-hybridized carbons (Fsp3) is 0.438. The third kappa shape index (κ3) is 5.27. The Morgan fingerprint density at radius 2 is 1.09 bits per heavy atom. The topological polar surface area (TPSA) is 0 Å². The maximum absolute atomic E-state index is 2.51. The lowest BCUT2D eigenvalue weighted by Gasteiger charge is -2.29. The van der Waals surface area contributed by atoms with Gasteiger partial charge in [0, 0.05) is 0 Å². The smallest absolute Gasteiger partial charge is 0.0116 e. The van der Waals surface area contributed by atoms with Gasteiger partial charge in [0.1, 0.15) is 0 Å². The van der Waals surface area contributed by atoms with E-state index in [9.17, 15) is 0 Å². The molecule has 0 aliphatic heterocycles. The van der Waals surface area contributed by atoms with E-state index in [1.807, 2.05) is 0 Å². The lowest BCUT2D eigenvalue weighted by atomic mass is 9.92. The van der Waals surface area contributed by atoms with E-state index in [0.29, 0.717) is 0 Å². The summed E-state index contributed by atoms with van der Waals surface area (Å²) in [5.41, 5.74) is 12.0. The predicted molar refractivity (Wildman–Crippen MR) is 151 cm³/mol. The number of rotatable bonds is 9. The molecule has 176 valence electrons. The molecular formula is C32H43P. The summed E-state index contributed by atoms with van der Waals surface area (Å²) in [7, 11) is -0.613. The molecule has 3 rings (SSSR count). The van der Waals surface area contributed by atoms with Gasteiger partial charge in [-0.15, -0.1) is 0 Å². The van der Waals surface area contributed by atoms with Gasteiger partial charge in [-0.25, -0.2) is 0 Å². The molecular weight excluding hydrogens is 415 g/mol. The van der Waals surface area contributed by atoms with Crippen molar-refractivity contribution >= 4 is 23.8 Å². The zero-order valence-electron chi connectivity index (χ0n) is 22.2. The minimum atomic E-state index is -0.613. The third-order valence-electron chi connectivity index (χ3n) is 7.35. The molecule has 3 aromatic rings. The van der Waals surface area contributed by atoms with Crippen molar-refractivity contribution in [3.05, 3.63) is 87.0 Å². The zero-order valence-corrected chi connectivity index (χ0v) is 23.1.